The molecule has 0 saturated heterocycles. The molecule has 0 aliphatic carbocycles. The van der Waals surface area contributed by atoms with E-state index >= 15 is 0 Å². The average molecular weight is 320 g/mol. The summed E-state index contributed by atoms with van der Waals surface area (Å²) in [6, 6.07) is 13.1. The van der Waals surface area contributed by atoms with Crippen molar-refractivity contribution in [2.45, 2.75) is 0 Å². The van der Waals surface area contributed by atoms with E-state index in [0.717, 1.165) is 4.47 Å². The summed E-state index contributed by atoms with van der Waals surface area (Å²) in [7, 11) is 0. The molecule has 0 bridgehead atoms. The third-order valence-electron chi connectivity index (χ3n) is 2.44. The van der Waals surface area contributed by atoms with Gasteiger partial charge in [0.1, 0.15) is 5.82 Å². The topological polar surface area (TPSA) is 29.1 Å². The van der Waals surface area contributed by atoms with Gasteiger partial charge in [0.2, 0.25) is 0 Å². The van der Waals surface area contributed by atoms with Crippen LogP contribution in [0.25, 0.3) is 0 Å². The second-order valence-corrected chi connectivity index (χ2v) is 4.77. The largest absolute Gasteiger partial charge is 0.361 e. The Kier molecular flexibility index (Phi) is 4.47. The zero-order valence-corrected chi connectivity index (χ0v) is 11.5. The molecule has 96 valence electrons. The molecule has 4 heteroatoms. The highest BCUT2D eigenvalue weighted by atomic mass is 79.9. The number of benzene rings is 2. The third-order valence-corrected chi connectivity index (χ3v) is 2.97. The molecule has 2 nitrogen and oxygen atoms in total. The summed E-state index contributed by atoms with van der Waals surface area (Å²) in [4.78, 5) is 11.8. The Morgan fingerprint density at radius 2 is 1.89 bits per heavy atom. The number of allylic oxidation sites excluding steroid dienone is 1. The van der Waals surface area contributed by atoms with E-state index in [1.165, 1.54) is 24.4 Å². The van der Waals surface area contributed by atoms with Gasteiger partial charge in [0.05, 0.1) is 0 Å². The lowest BCUT2D eigenvalue weighted by atomic mass is 10.1. The van der Waals surface area contributed by atoms with Crippen molar-refractivity contribution in [1.29, 1.82) is 0 Å². The Morgan fingerprint density at radius 3 is 2.58 bits per heavy atom. The number of carbonyl (C=O) groups is 1. The standard InChI is InChI=1S/C15H11BrFNO/c16-12-6-4-11(5-7-12)15(19)8-9-18-14-3-1-2-13(17)10-14/h1-10,18H. The minimum Gasteiger partial charge on any atom is -0.361 e. The number of anilines is 1. The van der Waals surface area contributed by atoms with E-state index in [1.807, 2.05) is 0 Å². The summed E-state index contributed by atoms with van der Waals surface area (Å²) in [6.45, 7) is 0. The number of carbonyl (C=O) groups excluding carboxylic acids is 1. The highest BCUT2D eigenvalue weighted by Gasteiger charge is 2.00. The van der Waals surface area contributed by atoms with Gasteiger partial charge in [-0.15, -0.1) is 0 Å². The van der Waals surface area contributed by atoms with Crippen LogP contribution >= 0.6 is 15.9 Å². The van der Waals surface area contributed by atoms with Crippen LogP contribution in [0.5, 0.6) is 0 Å². The van der Waals surface area contributed by atoms with Crippen molar-refractivity contribution in [3.05, 3.63) is 76.7 Å². The lowest BCUT2D eigenvalue weighted by molar-refractivity contribution is 0.104. The van der Waals surface area contributed by atoms with Crippen molar-refractivity contribution in [1.82, 2.24) is 0 Å². The van der Waals surface area contributed by atoms with Crippen molar-refractivity contribution in [3.8, 4) is 0 Å². The first-order valence-electron chi connectivity index (χ1n) is 5.64. The predicted molar refractivity (Wildman–Crippen MR) is 77.6 cm³/mol. The maximum absolute atomic E-state index is 12.9. The van der Waals surface area contributed by atoms with Crippen LogP contribution in [0.15, 0.2) is 65.3 Å². The summed E-state index contributed by atoms with van der Waals surface area (Å²) in [6.07, 6.45) is 2.91. The third kappa shape index (κ3) is 4.03. The first-order chi connectivity index (χ1) is 9.15. The molecule has 0 heterocycles. The lowest BCUT2D eigenvalue weighted by Gasteiger charge is -2.00. The molecule has 2 rings (SSSR count). The van der Waals surface area contributed by atoms with E-state index in [0.29, 0.717) is 11.3 Å². The van der Waals surface area contributed by atoms with E-state index < -0.39 is 0 Å². The number of nitrogens with one attached hydrogen (secondary N) is 1. The van der Waals surface area contributed by atoms with Crippen molar-refractivity contribution in [2.24, 2.45) is 0 Å². The minimum atomic E-state index is -0.322. The van der Waals surface area contributed by atoms with Crippen LogP contribution in [0.2, 0.25) is 0 Å². The summed E-state index contributed by atoms with van der Waals surface area (Å²) in [5, 5.41) is 2.85. The smallest absolute Gasteiger partial charge is 0.187 e. The molecule has 19 heavy (non-hydrogen) atoms. The summed E-state index contributed by atoms with van der Waals surface area (Å²) in [5.74, 6) is -0.436. The van der Waals surface area contributed by atoms with Gasteiger partial charge in [-0.2, -0.15) is 0 Å². The quantitative estimate of drug-likeness (QED) is 0.668. The van der Waals surface area contributed by atoms with Crippen molar-refractivity contribution in [2.75, 3.05) is 5.32 Å². The molecular weight excluding hydrogens is 309 g/mol. The Morgan fingerprint density at radius 1 is 1.16 bits per heavy atom. The maximum atomic E-state index is 12.9. The van der Waals surface area contributed by atoms with Crippen LogP contribution in [0, 0.1) is 5.82 Å². The SMILES string of the molecule is O=C(C=CNc1cccc(F)c1)c1ccc(Br)cc1. The molecular formula is C15H11BrFNO. The zero-order chi connectivity index (χ0) is 13.7. The molecule has 0 fully saturated rings. The molecule has 0 amide bonds. The summed E-state index contributed by atoms with van der Waals surface area (Å²) < 4.78 is 13.8. The molecule has 0 radical (unpaired) electrons. The van der Waals surface area contributed by atoms with Crippen LogP contribution in [-0.2, 0) is 0 Å². The van der Waals surface area contributed by atoms with Gasteiger partial charge < -0.3 is 5.32 Å². The first-order valence-corrected chi connectivity index (χ1v) is 6.43. The Labute approximate surface area is 119 Å². The number of ketones is 1. The highest BCUT2D eigenvalue weighted by molar-refractivity contribution is 9.10. The molecule has 0 saturated carbocycles. The molecule has 0 spiro atoms. The normalized spacial score (nSPS) is 10.6. The van der Waals surface area contributed by atoms with Gasteiger partial charge in [0.25, 0.3) is 0 Å². The Balaban J connectivity index is 1.99. The summed E-state index contributed by atoms with van der Waals surface area (Å²) in [5.41, 5.74) is 1.19. The monoisotopic (exact) mass is 319 g/mol. The second kappa shape index (κ2) is 6.29. The lowest BCUT2D eigenvalue weighted by Crippen LogP contribution is -1.96. The van der Waals surface area contributed by atoms with Gasteiger partial charge in [-0.25, -0.2) is 4.39 Å². The van der Waals surface area contributed by atoms with Crippen molar-refractivity contribution in [3.63, 3.8) is 0 Å². The number of hydrogen-bond donors (Lipinski definition) is 1. The molecule has 0 aromatic heterocycles. The molecule has 2 aromatic carbocycles. The molecule has 0 atom stereocenters. The van der Waals surface area contributed by atoms with E-state index in [2.05, 4.69) is 21.2 Å². The van der Waals surface area contributed by atoms with Gasteiger partial charge in [-0.3, -0.25) is 4.79 Å². The second-order valence-electron chi connectivity index (χ2n) is 3.86. The Bertz CT molecular complexity index is 608. The molecule has 0 aliphatic rings. The highest BCUT2D eigenvalue weighted by Crippen LogP contribution is 2.12. The molecule has 0 aliphatic heterocycles. The van der Waals surface area contributed by atoms with Gasteiger partial charge in [0.15, 0.2) is 5.78 Å². The van der Waals surface area contributed by atoms with Crippen LogP contribution in [0.1, 0.15) is 10.4 Å². The van der Waals surface area contributed by atoms with Crippen LogP contribution in [-0.4, -0.2) is 5.78 Å². The van der Waals surface area contributed by atoms with E-state index in [4.69, 9.17) is 0 Å². The van der Waals surface area contributed by atoms with Gasteiger partial charge in [-0.05, 0) is 42.5 Å². The average Bonchev–Trinajstić information content (AvgIpc) is 2.39. The summed E-state index contributed by atoms with van der Waals surface area (Å²) >= 11 is 3.31. The van der Waals surface area contributed by atoms with Crippen LogP contribution in [0.3, 0.4) is 0 Å². The van der Waals surface area contributed by atoms with Crippen LogP contribution in [0.4, 0.5) is 10.1 Å². The van der Waals surface area contributed by atoms with E-state index in [9.17, 15) is 9.18 Å². The predicted octanol–water partition coefficient (Wildman–Crippen LogP) is 4.40. The van der Waals surface area contributed by atoms with Crippen molar-refractivity contribution < 1.29 is 9.18 Å². The van der Waals surface area contributed by atoms with Crippen LogP contribution < -0.4 is 5.32 Å². The minimum absolute atomic E-state index is 0.114. The molecule has 0 unspecified atom stereocenters. The van der Waals surface area contributed by atoms with Gasteiger partial charge in [0, 0.05) is 28.0 Å². The Hall–Kier alpha value is -1.94. The molecule has 2 aromatic rings. The fourth-order valence-electron chi connectivity index (χ4n) is 1.50. The van der Waals surface area contributed by atoms with E-state index in [-0.39, 0.29) is 11.6 Å². The number of halogens is 2. The maximum Gasteiger partial charge on any atom is 0.187 e. The van der Waals surface area contributed by atoms with Gasteiger partial charge in [-0.1, -0.05) is 22.0 Å². The zero-order valence-electron chi connectivity index (χ0n) is 9.94. The number of rotatable bonds is 4. The fourth-order valence-corrected chi connectivity index (χ4v) is 1.77. The van der Waals surface area contributed by atoms with E-state index in [1.54, 1.807) is 36.4 Å². The first kappa shape index (κ1) is 13.5. The number of hydrogen-bond acceptors (Lipinski definition) is 2. The van der Waals surface area contributed by atoms with Crippen molar-refractivity contribution >= 4 is 27.4 Å². The van der Waals surface area contributed by atoms with Gasteiger partial charge >= 0.3 is 0 Å². The molecule has 1 N–H and O–H groups in total. The fraction of sp³-hybridized carbons (Fsp3) is 0.